The minimum atomic E-state index is 0.0846. The fourth-order valence-corrected chi connectivity index (χ4v) is 2.88. The van der Waals surface area contributed by atoms with Crippen molar-refractivity contribution in [1.82, 2.24) is 0 Å². The molecule has 0 fully saturated rings. The third-order valence-corrected chi connectivity index (χ3v) is 5.66. The van der Waals surface area contributed by atoms with Gasteiger partial charge in [-0.2, -0.15) is 0 Å². The zero-order chi connectivity index (χ0) is 12.6. The van der Waals surface area contributed by atoms with Crippen molar-refractivity contribution >= 4 is 9.24 Å². The third kappa shape index (κ3) is 2.18. The van der Waals surface area contributed by atoms with Crippen LogP contribution in [0.25, 0.3) is 0 Å². The SMILES string of the molecule is CC(C)(C)C(P)(c1ccccc1)C(C)(C)C. The van der Waals surface area contributed by atoms with Crippen LogP contribution in [-0.4, -0.2) is 0 Å². The van der Waals surface area contributed by atoms with E-state index >= 15 is 0 Å². The van der Waals surface area contributed by atoms with E-state index in [2.05, 4.69) is 81.1 Å². The molecule has 0 bridgehead atoms. The van der Waals surface area contributed by atoms with Crippen LogP contribution in [0, 0.1) is 10.8 Å². The van der Waals surface area contributed by atoms with Gasteiger partial charge in [0.2, 0.25) is 0 Å². The van der Waals surface area contributed by atoms with Crippen molar-refractivity contribution in [1.29, 1.82) is 0 Å². The molecule has 0 nitrogen and oxygen atoms in total. The summed E-state index contributed by atoms with van der Waals surface area (Å²) in [6.07, 6.45) is 0. The Bertz CT molecular complexity index is 324. The average molecular weight is 236 g/mol. The maximum Gasteiger partial charge on any atom is 0.0194 e. The zero-order valence-electron chi connectivity index (χ0n) is 11.5. The summed E-state index contributed by atoms with van der Waals surface area (Å²) in [5, 5.41) is 0.0846. The quantitative estimate of drug-likeness (QED) is 0.611. The van der Waals surface area contributed by atoms with Gasteiger partial charge in [-0.3, -0.25) is 0 Å². The van der Waals surface area contributed by atoms with Crippen molar-refractivity contribution in [3.8, 4) is 0 Å². The summed E-state index contributed by atoms with van der Waals surface area (Å²) in [5.74, 6) is 0. The normalized spacial score (nSPS) is 13.9. The molecule has 0 aromatic heterocycles. The van der Waals surface area contributed by atoms with E-state index in [0.717, 1.165) is 0 Å². The molecule has 0 saturated heterocycles. The Balaban J connectivity index is 3.39. The summed E-state index contributed by atoms with van der Waals surface area (Å²) in [6, 6.07) is 10.8. The van der Waals surface area contributed by atoms with Gasteiger partial charge >= 0.3 is 0 Å². The molecule has 0 amide bonds. The Morgan fingerprint density at radius 3 is 1.44 bits per heavy atom. The van der Waals surface area contributed by atoms with E-state index in [4.69, 9.17) is 0 Å². The van der Waals surface area contributed by atoms with Gasteiger partial charge in [0, 0.05) is 5.16 Å². The Labute approximate surface area is 103 Å². The molecule has 16 heavy (non-hydrogen) atoms. The number of rotatable bonds is 1. The zero-order valence-corrected chi connectivity index (χ0v) is 12.6. The molecule has 1 atom stereocenters. The maximum absolute atomic E-state index is 3.12. The van der Waals surface area contributed by atoms with E-state index in [0.29, 0.717) is 0 Å². The predicted molar refractivity (Wildman–Crippen MR) is 76.7 cm³/mol. The highest BCUT2D eigenvalue weighted by atomic mass is 31.0. The van der Waals surface area contributed by atoms with Crippen LogP contribution in [-0.2, 0) is 5.16 Å². The summed E-state index contributed by atoms with van der Waals surface area (Å²) >= 11 is 0. The lowest BCUT2D eigenvalue weighted by atomic mass is 9.62. The van der Waals surface area contributed by atoms with Crippen molar-refractivity contribution in [2.24, 2.45) is 10.8 Å². The first-order valence-corrected chi connectivity index (χ1v) is 6.53. The van der Waals surface area contributed by atoms with Crippen LogP contribution < -0.4 is 0 Å². The molecule has 0 aliphatic rings. The molecule has 1 heteroatoms. The molecule has 0 N–H and O–H groups in total. The van der Waals surface area contributed by atoms with Gasteiger partial charge in [-0.05, 0) is 16.4 Å². The number of hydrogen-bond acceptors (Lipinski definition) is 0. The monoisotopic (exact) mass is 236 g/mol. The number of hydrogen-bond donors (Lipinski definition) is 0. The Morgan fingerprint density at radius 2 is 1.12 bits per heavy atom. The van der Waals surface area contributed by atoms with Crippen LogP contribution in [0.1, 0.15) is 47.1 Å². The van der Waals surface area contributed by atoms with Crippen LogP contribution in [0.5, 0.6) is 0 Å². The first-order valence-electron chi connectivity index (χ1n) is 5.95. The van der Waals surface area contributed by atoms with E-state index in [1.807, 2.05) is 0 Å². The van der Waals surface area contributed by atoms with E-state index in [9.17, 15) is 0 Å². The molecule has 0 aliphatic heterocycles. The second kappa shape index (κ2) is 4.15. The van der Waals surface area contributed by atoms with Gasteiger partial charge in [0.15, 0.2) is 0 Å². The Morgan fingerprint density at radius 1 is 0.750 bits per heavy atom. The first-order chi connectivity index (χ1) is 7.11. The lowest BCUT2D eigenvalue weighted by Gasteiger charge is -2.51. The van der Waals surface area contributed by atoms with E-state index < -0.39 is 0 Å². The van der Waals surface area contributed by atoms with Gasteiger partial charge in [0.25, 0.3) is 0 Å². The van der Waals surface area contributed by atoms with Crippen LogP contribution in [0.3, 0.4) is 0 Å². The van der Waals surface area contributed by atoms with Crippen molar-refractivity contribution in [3.63, 3.8) is 0 Å². The fraction of sp³-hybridized carbons (Fsp3) is 0.600. The van der Waals surface area contributed by atoms with Crippen LogP contribution in [0.15, 0.2) is 30.3 Å². The molecule has 1 unspecified atom stereocenters. The highest BCUT2D eigenvalue weighted by Crippen LogP contribution is 2.57. The molecule has 0 spiro atoms. The van der Waals surface area contributed by atoms with Gasteiger partial charge in [-0.25, -0.2) is 0 Å². The second-order valence-corrected chi connectivity index (χ2v) is 7.54. The average Bonchev–Trinajstić information content (AvgIpc) is 2.14. The van der Waals surface area contributed by atoms with Crippen LogP contribution in [0.4, 0.5) is 0 Å². The molecule has 1 aromatic carbocycles. The lowest BCUT2D eigenvalue weighted by molar-refractivity contribution is 0.140. The molecule has 0 radical (unpaired) electrons. The molecule has 1 aromatic rings. The summed E-state index contributed by atoms with van der Waals surface area (Å²) in [6.45, 7) is 13.9. The van der Waals surface area contributed by atoms with E-state index in [1.165, 1.54) is 5.56 Å². The standard InChI is InChI=1S/C15H25P/c1-13(2,3)15(16,14(4,5)6)12-10-8-7-9-11-12/h7-11H,16H2,1-6H3. The minimum absolute atomic E-state index is 0.0846. The van der Waals surface area contributed by atoms with Crippen molar-refractivity contribution in [2.75, 3.05) is 0 Å². The van der Waals surface area contributed by atoms with Crippen LogP contribution in [0.2, 0.25) is 0 Å². The highest BCUT2D eigenvalue weighted by molar-refractivity contribution is 7.18. The lowest BCUT2D eigenvalue weighted by Crippen LogP contribution is -2.45. The molecule has 0 heterocycles. The summed E-state index contributed by atoms with van der Waals surface area (Å²) < 4.78 is 0. The summed E-state index contributed by atoms with van der Waals surface area (Å²) in [5.41, 5.74) is 1.81. The second-order valence-electron chi connectivity index (χ2n) is 6.67. The molecule has 0 aliphatic carbocycles. The smallest absolute Gasteiger partial charge is 0.0194 e. The van der Waals surface area contributed by atoms with Crippen LogP contribution >= 0.6 is 9.24 Å². The van der Waals surface area contributed by atoms with Crippen molar-refractivity contribution < 1.29 is 0 Å². The summed E-state index contributed by atoms with van der Waals surface area (Å²) in [4.78, 5) is 0. The third-order valence-electron chi connectivity index (χ3n) is 3.60. The van der Waals surface area contributed by atoms with Crippen molar-refractivity contribution in [2.45, 2.75) is 46.7 Å². The Kier molecular flexibility index (Phi) is 3.56. The van der Waals surface area contributed by atoms with E-state index in [-0.39, 0.29) is 16.0 Å². The summed E-state index contributed by atoms with van der Waals surface area (Å²) in [7, 11) is 3.12. The molecular formula is C15H25P. The molecule has 0 saturated carbocycles. The Hall–Kier alpha value is -0.350. The van der Waals surface area contributed by atoms with Gasteiger partial charge in [-0.15, -0.1) is 9.24 Å². The van der Waals surface area contributed by atoms with Gasteiger partial charge in [-0.1, -0.05) is 71.9 Å². The first kappa shape index (κ1) is 13.7. The van der Waals surface area contributed by atoms with E-state index in [1.54, 1.807) is 0 Å². The van der Waals surface area contributed by atoms with Gasteiger partial charge < -0.3 is 0 Å². The minimum Gasteiger partial charge on any atom is -0.125 e. The number of benzene rings is 1. The largest absolute Gasteiger partial charge is 0.125 e. The molecule has 1 rings (SSSR count). The topological polar surface area (TPSA) is 0 Å². The van der Waals surface area contributed by atoms with Gasteiger partial charge in [0.05, 0.1) is 0 Å². The van der Waals surface area contributed by atoms with Crippen molar-refractivity contribution in [3.05, 3.63) is 35.9 Å². The highest BCUT2D eigenvalue weighted by Gasteiger charge is 2.47. The molecule has 90 valence electrons. The maximum atomic E-state index is 3.12. The fourth-order valence-electron chi connectivity index (χ4n) is 2.69. The van der Waals surface area contributed by atoms with Gasteiger partial charge in [0.1, 0.15) is 0 Å². The predicted octanol–water partition coefficient (Wildman–Crippen LogP) is 4.85. The molecular weight excluding hydrogens is 211 g/mol.